The van der Waals surface area contributed by atoms with Crippen molar-refractivity contribution in [3.63, 3.8) is 0 Å². The maximum atomic E-state index is 13.5. The number of amides is 6. The highest BCUT2D eigenvalue weighted by molar-refractivity contribution is 5.97. The van der Waals surface area contributed by atoms with Gasteiger partial charge in [-0.2, -0.15) is 0 Å². The van der Waals surface area contributed by atoms with Crippen LogP contribution in [0.3, 0.4) is 0 Å². The number of carbonyl (C=O) groups is 8. The van der Waals surface area contributed by atoms with Crippen molar-refractivity contribution in [1.29, 1.82) is 0 Å². The summed E-state index contributed by atoms with van der Waals surface area (Å²) in [7, 11) is 0. The van der Waals surface area contributed by atoms with E-state index >= 15 is 0 Å². The van der Waals surface area contributed by atoms with Crippen molar-refractivity contribution >= 4 is 47.4 Å². The van der Waals surface area contributed by atoms with E-state index in [9.17, 15) is 48.6 Å². The van der Waals surface area contributed by atoms with Crippen LogP contribution in [0, 0.1) is 11.8 Å². The zero-order chi connectivity index (χ0) is 39.7. The van der Waals surface area contributed by atoms with E-state index in [0.29, 0.717) is 12.1 Å². The van der Waals surface area contributed by atoms with Crippen LogP contribution < -0.4 is 37.6 Å². The van der Waals surface area contributed by atoms with Crippen LogP contribution in [-0.4, -0.2) is 133 Å². The molecule has 1 aromatic heterocycles. The average Bonchev–Trinajstić information content (AvgIpc) is 3.58. The summed E-state index contributed by atoms with van der Waals surface area (Å²) in [5.74, 6) is -9.22. The predicted octanol–water partition coefficient (Wildman–Crippen LogP) is -4.16. The maximum absolute atomic E-state index is 13.5. The van der Waals surface area contributed by atoms with Gasteiger partial charge in [-0.15, -0.1) is 0 Å². The Morgan fingerprint density at radius 2 is 1.40 bits per heavy atom. The molecular formula is C31H51N9O12. The topological polar surface area (TPSA) is 344 Å². The zero-order valence-electron chi connectivity index (χ0n) is 29.7. The SMILES string of the molecule is CC[C@H](C)[C@H](NC(=O)[C@H](CC(C)C)NC(=O)[C@@H](N)Cc1cnc[nH]1)C(=O)N[C@@H](CO)C(=O)N[C@H](C(=O)NCC(=O)N[C@@H](CC(=O)O)C(=O)O)[C@@H](C)O. The van der Waals surface area contributed by atoms with Gasteiger partial charge in [0.1, 0.15) is 30.2 Å². The molecule has 1 heterocycles. The van der Waals surface area contributed by atoms with Crippen LogP contribution in [0.5, 0.6) is 0 Å². The average molecular weight is 742 g/mol. The molecule has 21 nitrogen and oxygen atoms in total. The summed E-state index contributed by atoms with van der Waals surface area (Å²) in [6.07, 6.45) is 1.13. The molecule has 0 aliphatic carbocycles. The summed E-state index contributed by atoms with van der Waals surface area (Å²) in [5.41, 5.74) is 6.64. The highest BCUT2D eigenvalue weighted by Gasteiger charge is 2.35. The van der Waals surface area contributed by atoms with Crippen LogP contribution in [-0.2, 0) is 44.8 Å². The molecule has 52 heavy (non-hydrogen) atoms. The van der Waals surface area contributed by atoms with Gasteiger partial charge in [-0.25, -0.2) is 9.78 Å². The third-order valence-corrected chi connectivity index (χ3v) is 7.78. The Hall–Kier alpha value is -5.15. The van der Waals surface area contributed by atoms with Crippen molar-refractivity contribution in [2.24, 2.45) is 17.6 Å². The Kier molecular flexibility index (Phi) is 18.9. The minimum absolute atomic E-state index is 0.0646. The third kappa shape index (κ3) is 15.4. The molecule has 0 bridgehead atoms. The van der Waals surface area contributed by atoms with E-state index in [1.54, 1.807) is 13.8 Å². The van der Waals surface area contributed by atoms with E-state index in [1.807, 2.05) is 19.2 Å². The second-order valence-corrected chi connectivity index (χ2v) is 12.7. The summed E-state index contributed by atoms with van der Waals surface area (Å²) >= 11 is 0. The highest BCUT2D eigenvalue weighted by Crippen LogP contribution is 2.12. The molecule has 1 rings (SSSR count). The highest BCUT2D eigenvalue weighted by atomic mass is 16.4. The van der Waals surface area contributed by atoms with Crippen LogP contribution in [0.2, 0.25) is 0 Å². The van der Waals surface area contributed by atoms with Gasteiger partial charge in [0.15, 0.2) is 0 Å². The monoisotopic (exact) mass is 741 g/mol. The molecule has 0 spiro atoms. The lowest BCUT2D eigenvalue weighted by Crippen LogP contribution is -2.62. The number of aliphatic carboxylic acids is 2. The fourth-order valence-corrected chi connectivity index (χ4v) is 4.68. The molecule has 6 amide bonds. The number of hydrogen-bond donors (Lipinski definition) is 12. The summed E-state index contributed by atoms with van der Waals surface area (Å²) in [4.78, 5) is 106. The summed E-state index contributed by atoms with van der Waals surface area (Å²) in [6, 6.07) is -8.56. The second kappa shape index (κ2) is 21.9. The fraction of sp³-hybridized carbons (Fsp3) is 0.645. The second-order valence-electron chi connectivity index (χ2n) is 12.7. The lowest BCUT2D eigenvalue weighted by atomic mass is 9.96. The number of nitrogens with two attached hydrogens (primary N) is 1. The number of aromatic amines is 1. The minimum Gasteiger partial charge on any atom is -0.481 e. The Morgan fingerprint density at radius 1 is 0.808 bits per heavy atom. The van der Waals surface area contributed by atoms with Gasteiger partial charge in [-0.1, -0.05) is 34.1 Å². The molecule has 0 aromatic carbocycles. The number of imidazole rings is 1. The first-order valence-electron chi connectivity index (χ1n) is 16.6. The smallest absolute Gasteiger partial charge is 0.326 e. The molecule has 0 fully saturated rings. The Labute approximate surface area is 299 Å². The molecule has 0 aliphatic heterocycles. The number of carbonyl (C=O) groups excluding carboxylic acids is 6. The largest absolute Gasteiger partial charge is 0.481 e. The standard InChI is InChI=1S/C31H51N9O12/c1-6-15(4)24(39-27(47)19(7-14(2)3)37-26(46)18(32)8-17-10-33-13-35-17)30(50)38-21(12-41)28(48)40-25(16(5)42)29(49)34-11-22(43)36-20(31(51)52)9-23(44)45/h10,13-16,18-21,24-25,41-42H,6-9,11-12,32H2,1-5H3,(H,33,35)(H,34,49)(H,36,43)(H,37,46)(H,38,50)(H,39,47)(H,40,48)(H,44,45)(H,51,52)/t15-,16+,18-,19-,20-,21-,24-,25-/m0/s1. The van der Waals surface area contributed by atoms with E-state index < -0.39 is 115 Å². The van der Waals surface area contributed by atoms with Gasteiger partial charge in [-0.3, -0.25) is 33.6 Å². The van der Waals surface area contributed by atoms with E-state index in [1.165, 1.54) is 12.5 Å². The normalized spacial score (nSPS) is 15.7. The first-order chi connectivity index (χ1) is 24.3. The summed E-state index contributed by atoms with van der Waals surface area (Å²) in [5, 5.41) is 51.7. The maximum Gasteiger partial charge on any atom is 0.326 e. The predicted molar refractivity (Wildman–Crippen MR) is 180 cm³/mol. The van der Waals surface area contributed by atoms with E-state index in [2.05, 4.69) is 36.6 Å². The lowest BCUT2D eigenvalue weighted by molar-refractivity contribution is -0.147. The van der Waals surface area contributed by atoms with Gasteiger partial charge in [0.25, 0.3) is 0 Å². The van der Waals surface area contributed by atoms with Gasteiger partial charge in [0.2, 0.25) is 35.4 Å². The number of aromatic nitrogens is 2. The van der Waals surface area contributed by atoms with Crippen molar-refractivity contribution in [3.8, 4) is 0 Å². The zero-order valence-corrected chi connectivity index (χ0v) is 29.7. The molecular weight excluding hydrogens is 690 g/mol. The molecule has 0 radical (unpaired) electrons. The molecule has 0 aliphatic rings. The molecule has 1 aromatic rings. The number of hydrogen-bond acceptors (Lipinski definition) is 12. The van der Waals surface area contributed by atoms with Gasteiger partial charge in [0.05, 0.1) is 38.0 Å². The number of nitrogens with one attached hydrogen (secondary N) is 7. The minimum atomic E-state index is -1.79. The number of aliphatic hydroxyl groups excluding tert-OH is 2. The van der Waals surface area contributed by atoms with E-state index in [4.69, 9.17) is 15.9 Å². The number of rotatable bonds is 23. The number of nitrogens with zero attached hydrogens (tertiary/aromatic N) is 1. The number of aliphatic hydroxyl groups is 2. The summed E-state index contributed by atoms with van der Waals surface area (Å²) in [6.45, 7) is 6.34. The molecule has 0 unspecified atom stereocenters. The number of carboxylic acids is 2. The van der Waals surface area contributed by atoms with Crippen LogP contribution in [0.1, 0.15) is 59.6 Å². The van der Waals surface area contributed by atoms with E-state index in [0.717, 1.165) is 6.92 Å². The van der Waals surface area contributed by atoms with Crippen LogP contribution in [0.15, 0.2) is 12.5 Å². The van der Waals surface area contributed by atoms with Crippen LogP contribution in [0.4, 0.5) is 0 Å². The molecule has 292 valence electrons. The molecule has 21 heteroatoms. The molecule has 0 saturated carbocycles. The summed E-state index contributed by atoms with van der Waals surface area (Å²) < 4.78 is 0. The van der Waals surface area contributed by atoms with Crippen molar-refractivity contribution < 1.29 is 58.8 Å². The van der Waals surface area contributed by atoms with Crippen LogP contribution >= 0.6 is 0 Å². The van der Waals surface area contributed by atoms with Gasteiger partial charge < -0.3 is 63.0 Å². The number of carboxylic acid groups (broad SMARTS) is 2. The first-order valence-corrected chi connectivity index (χ1v) is 16.6. The first kappa shape index (κ1) is 44.9. The molecule has 8 atom stereocenters. The van der Waals surface area contributed by atoms with Crippen LogP contribution in [0.25, 0.3) is 0 Å². The van der Waals surface area contributed by atoms with Gasteiger partial charge in [0, 0.05) is 18.3 Å². The molecule has 13 N–H and O–H groups in total. The van der Waals surface area contributed by atoms with Crippen molar-refractivity contribution in [1.82, 2.24) is 41.9 Å². The quantitative estimate of drug-likeness (QED) is 0.0507. The van der Waals surface area contributed by atoms with Crippen molar-refractivity contribution in [2.75, 3.05) is 13.2 Å². The number of H-pyrrole nitrogens is 1. The fourth-order valence-electron chi connectivity index (χ4n) is 4.68. The Bertz CT molecular complexity index is 1390. The van der Waals surface area contributed by atoms with E-state index in [-0.39, 0.29) is 18.8 Å². The van der Waals surface area contributed by atoms with Gasteiger partial charge >= 0.3 is 11.9 Å². The van der Waals surface area contributed by atoms with Gasteiger partial charge in [-0.05, 0) is 25.2 Å². The Balaban J connectivity index is 3.00. The molecule has 0 saturated heterocycles. The Morgan fingerprint density at radius 3 is 1.90 bits per heavy atom. The van der Waals surface area contributed by atoms with Crippen molar-refractivity contribution in [3.05, 3.63) is 18.2 Å². The lowest BCUT2D eigenvalue weighted by Gasteiger charge is -2.29. The van der Waals surface area contributed by atoms with Crippen molar-refractivity contribution in [2.45, 2.75) is 103 Å². The third-order valence-electron chi connectivity index (χ3n) is 7.78.